The van der Waals surface area contributed by atoms with Crippen LogP contribution >= 0.6 is 11.3 Å². The van der Waals surface area contributed by atoms with E-state index in [0.717, 1.165) is 35.7 Å². The van der Waals surface area contributed by atoms with Crippen molar-refractivity contribution in [2.45, 2.75) is 46.1 Å². The van der Waals surface area contributed by atoms with Crippen molar-refractivity contribution in [2.24, 2.45) is 5.92 Å². The van der Waals surface area contributed by atoms with Crippen LogP contribution in [-0.4, -0.2) is 23.9 Å². The maximum atomic E-state index is 12.8. The standard InChI is InChI=1S/C21H26N2OS/c1-13-10-14(2)20(15(3)11-13)22-19(24)12-23-8-6-18-17(7-9-25-18)21(23)16-4-5-16/h7,9-11,16,21H,4-6,8,12H2,1-3H3,(H,22,24)/t21-/m1/s1. The summed E-state index contributed by atoms with van der Waals surface area (Å²) in [6, 6.07) is 6.99. The molecular formula is C21H26N2OS. The minimum atomic E-state index is 0.111. The summed E-state index contributed by atoms with van der Waals surface area (Å²) in [4.78, 5) is 16.7. The van der Waals surface area contributed by atoms with Gasteiger partial charge < -0.3 is 5.32 Å². The molecule has 1 atom stereocenters. The number of aryl methyl sites for hydroxylation is 3. The Labute approximate surface area is 154 Å². The first kappa shape index (κ1) is 16.8. The Hall–Kier alpha value is -1.65. The smallest absolute Gasteiger partial charge is 0.238 e. The predicted molar refractivity (Wildman–Crippen MR) is 104 cm³/mol. The summed E-state index contributed by atoms with van der Waals surface area (Å²) in [5, 5.41) is 5.38. The van der Waals surface area contributed by atoms with E-state index in [9.17, 15) is 4.79 Å². The molecule has 2 heterocycles. The third-order valence-electron chi connectivity index (χ3n) is 5.47. The summed E-state index contributed by atoms with van der Waals surface area (Å²) in [5.41, 5.74) is 5.98. The molecule has 0 unspecified atom stereocenters. The van der Waals surface area contributed by atoms with E-state index in [1.807, 2.05) is 11.3 Å². The number of nitrogens with zero attached hydrogens (tertiary/aromatic N) is 1. The van der Waals surface area contributed by atoms with Gasteiger partial charge in [-0.2, -0.15) is 0 Å². The minimum absolute atomic E-state index is 0.111. The van der Waals surface area contributed by atoms with Crippen LogP contribution in [0.4, 0.5) is 5.69 Å². The van der Waals surface area contributed by atoms with E-state index >= 15 is 0 Å². The maximum Gasteiger partial charge on any atom is 0.238 e. The number of carbonyl (C=O) groups is 1. The zero-order valence-corrected chi connectivity index (χ0v) is 16.1. The van der Waals surface area contributed by atoms with Gasteiger partial charge in [0.05, 0.1) is 6.54 Å². The van der Waals surface area contributed by atoms with Crippen LogP contribution in [0, 0.1) is 26.7 Å². The molecule has 25 heavy (non-hydrogen) atoms. The van der Waals surface area contributed by atoms with E-state index in [2.05, 4.69) is 54.6 Å². The van der Waals surface area contributed by atoms with Gasteiger partial charge in [0.25, 0.3) is 0 Å². The Morgan fingerprint density at radius 2 is 1.96 bits per heavy atom. The van der Waals surface area contributed by atoms with Crippen molar-refractivity contribution in [3.63, 3.8) is 0 Å². The Kier molecular flexibility index (Phi) is 4.42. The molecule has 4 rings (SSSR count). The van der Waals surface area contributed by atoms with Gasteiger partial charge in [-0.1, -0.05) is 17.7 Å². The van der Waals surface area contributed by atoms with E-state index in [0.29, 0.717) is 12.6 Å². The maximum absolute atomic E-state index is 12.8. The Morgan fingerprint density at radius 1 is 1.24 bits per heavy atom. The number of rotatable bonds is 4. The third kappa shape index (κ3) is 3.38. The third-order valence-corrected chi connectivity index (χ3v) is 6.47. The fourth-order valence-corrected chi connectivity index (χ4v) is 5.19. The van der Waals surface area contributed by atoms with Gasteiger partial charge in [-0.3, -0.25) is 9.69 Å². The molecule has 2 aromatic rings. The predicted octanol–water partition coefficient (Wildman–Crippen LogP) is 4.62. The number of fused-ring (bicyclic) bond motifs is 1. The lowest BCUT2D eigenvalue weighted by Gasteiger charge is -2.35. The summed E-state index contributed by atoms with van der Waals surface area (Å²) >= 11 is 1.88. The number of benzene rings is 1. The molecule has 1 aromatic heterocycles. The van der Waals surface area contributed by atoms with Crippen LogP contribution in [0.5, 0.6) is 0 Å². The summed E-state index contributed by atoms with van der Waals surface area (Å²) < 4.78 is 0. The van der Waals surface area contributed by atoms with Gasteiger partial charge in [-0.05, 0) is 74.1 Å². The van der Waals surface area contributed by atoms with Crippen molar-refractivity contribution in [1.29, 1.82) is 0 Å². The van der Waals surface area contributed by atoms with E-state index in [4.69, 9.17) is 0 Å². The highest BCUT2D eigenvalue weighted by atomic mass is 32.1. The number of hydrogen-bond acceptors (Lipinski definition) is 3. The summed E-state index contributed by atoms with van der Waals surface area (Å²) in [5.74, 6) is 0.851. The molecule has 1 amide bonds. The summed E-state index contributed by atoms with van der Waals surface area (Å²) in [7, 11) is 0. The SMILES string of the molecule is Cc1cc(C)c(NC(=O)CN2CCc3sccc3[C@H]2C2CC2)c(C)c1. The van der Waals surface area contributed by atoms with Gasteiger partial charge in [0.15, 0.2) is 0 Å². The van der Waals surface area contributed by atoms with Gasteiger partial charge in [0.2, 0.25) is 5.91 Å². The first-order chi connectivity index (χ1) is 12.0. The van der Waals surface area contributed by atoms with Gasteiger partial charge >= 0.3 is 0 Å². The minimum Gasteiger partial charge on any atom is -0.324 e. The first-order valence-electron chi connectivity index (χ1n) is 9.21. The van der Waals surface area contributed by atoms with Crippen molar-refractivity contribution in [3.8, 4) is 0 Å². The molecule has 0 bridgehead atoms. The zero-order valence-electron chi connectivity index (χ0n) is 15.3. The van der Waals surface area contributed by atoms with E-state index in [-0.39, 0.29) is 5.91 Å². The second kappa shape index (κ2) is 6.58. The monoisotopic (exact) mass is 354 g/mol. The summed E-state index contributed by atoms with van der Waals surface area (Å²) in [6.07, 6.45) is 3.68. The lowest BCUT2D eigenvalue weighted by atomic mass is 9.96. The molecule has 3 nitrogen and oxygen atoms in total. The van der Waals surface area contributed by atoms with Crippen molar-refractivity contribution in [2.75, 3.05) is 18.4 Å². The van der Waals surface area contributed by atoms with Crippen molar-refractivity contribution < 1.29 is 4.79 Å². The molecule has 1 saturated carbocycles. The molecule has 1 N–H and O–H groups in total. The van der Waals surface area contributed by atoms with Crippen LogP contribution in [-0.2, 0) is 11.2 Å². The molecule has 1 fully saturated rings. The van der Waals surface area contributed by atoms with Gasteiger partial charge in [0, 0.05) is 23.2 Å². The largest absolute Gasteiger partial charge is 0.324 e. The van der Waals surface area contributed by atoms with E-state index in [1.165, 1.54) is 28.8 Å². The molecule has 132 valence electrons. The number of amides is 1. The average Bonchev–Trinajstić information content (AvgIpc) is 3.27. The normalized spacial score (nSPS) is 20.4. The van der Waals surface area contributed by atoms with Crippen molar-refractivity contribution in [3.05, 3.63) is 50.7 Å². The molecule has 1 aromatic carbocycles. The zero-order chi connectivity index (χ0) is 17.6. The number of hydrogen-bond donors (Lipinski definition) is 1. The van der Waals surface area contributed by atoms with Crippen LogP contribution in [0.25, 0.3) is 0 Å². The quantitative estimate of drug-likeness (QED) is 0.869. The molecule has 1 aliphatic heterocycles. The molecular weight excluding hydrogens is 328 g/mol. The van der Waals surface area contributed by atoms with E-state index < -0.39 is 0 Å². The molecule has 0 radical (unpaired) electrons. The second-order valence-corrected chi connectivity index (χ2v) is 8.62. The molecule has 2 aliphatic rings. The number of thiophene rings is 1. The van der Waals surface area contributed by atoms with Crippen LogP contribution in [0.15, 0.2) is 23.6 Å². The highest BCUT2D eigenvalue weighted by Crippen LogP contribution is 2.48. The molecule has 1 aliphatic carbocycles. The second-order valence-electron chi connectivity index (χ2n) is 7.62. The van der Waals surface area contributed by atoms with E-state index in [1.54, 1.807) is 0 Å². The lowest BCUT2D eigenvalue weighted by Crippen LogP contribution is -2.41. The number of nitrogens with one attached hydrogen (secondary N) is 1. The number of carbonyl (C=O) groups excluding carboxylic acids is 1. The van der Waals surface area contributed by atoms with Crippen LogP contribution in [0.2, 0.25) is 0 Å². The lowest BCUT2D eigenvalue weighted by molar-refractivity contribution is -0.118. The average molecular weight is 355 g/mol. The highest BCUT2D eigenvalue weighted by Gasteiger charge is 2.40. The van der Waals surface area contributed by atoms with Gasteiger partial charge in [-0.15, -0.1) is 11.3 Å². The highest BCUT2D eigenvalue weighted by molar-refractivity contribution is 7.10. The topological polar surface area (TPSA) is 32.3 Å². The van der Waals surface area contributed by atoms with Crippen molar-refractivity contribution in [1.82, 2.24) is 4.90 Å². The first-order valence-corrected chi connectivity index (χ1v) is 10.1. The Balaban J connectivity index is 1.49. The van der Waals surface area contributed by atoms with Gasteiger partial charge in [-0.25, -0.2) is 0 Å². The van der Waals surface area contributed by atoms with Crippen LogP contribution < -0.4 is 5.32 Å². The molecule has 4 heteroatoms. The van der Waals surface area contributed by atoms with Crippen molar-refractivity contribution >= 4 is 22.9 Å². The fourth-order valence-electron chi connectivity index (χ4n) is 4.28. The Morgan fingerprint density at radius 3 is 2.64 bits per heavy atom. The molecule has 0 saturated heterocycles. The van der Waals surface area contributed by atoms with Gasteiger partial charge in [0.1, 0.15) is 0 Å². The van der Waals surface area contributed by atoms with Crippen LogP contribution in [0.1, 0.15) is 46.0 Å². The van der Waals surface area contributed by atoms with Crippen LogP contribution in [0.3, 0.4) is 0 Å². The molecule has 0 spiro atoms. The summed E-state index contributed by atoms with van der Waals surface area (Å²) in [6.45, 7) is 7.72. The Bertz CT molecular complexity index is 783. The number of anilines is 1. The fraction of sp³-hybridized carbons (Fsp3) is 0.476.